The highest BCUT2D eigenvalue weighted by Crippen LogP contribution is 2.58. The fourth-order valence-electron chi connectivity index (χ4n) is 4.73. The number of carboxylic acids is 1. The van der Waals surface area contributed by atoms with Crippen molar-refractivity contribution in [2.24, 2.45) is 0 Å². The molecule has 0 radical (unpaired) electrons. The summed E-state index contributed by atoms with van der Waals surface area (Å²) in [6.07, 6.45) is 7.59. The van der Waals surface area contributed by atoms with Gasteiger partial charge in [0.25, 0.3) is 0 Å². The van der Waals surface area contributed by atoms with E-state index in [0.29, 0.717) is 11.5 Å². The zero-order chi connectivity index (χ0) is 21.8. The second kappa shape index (κ2) is 7.02. The summed E-state index contributed by atoms with van der Waals surface area (Å²) in [6.45, 7) is 6.28. The van der Waals surface area contributed by atoms with Gasteiger partial charge in [-0.15, -0.1) is 0 Å². The highest BCUT2D eigenvalue weighted by molar-refractivity contribution is 5.91. The lowest BCUT2D eigenvalue weighted by Crippen LogP contribution is -2.36. The Morgan fingerprint density at radius 3 is 2.39 bits per heavy atom. The molecular weight excluding hydrogens is 384 g/mol. The van der Waals surface area contributed by atoms with Gasteiger partial charge < -0.3 is 9.84 Å². The number of carboxylic acid groups (broad SMARTS) is 1. The molecule has 2 aromatic rings. The Hall–Kier alpha value is -2.99. The third-order valence-electron chi connectivity index (χ3n) is 6.74. The van der Waals surface area contributed by atoms with Gasteiger partial charge in [0, 0.05) is 22.3 Å². The van der Waals surface area contributed by atoms with E-state index in [1.807, 2.05) is 24.3 Å². The van der Waals surface area contributed by atoms with E-state index in [0.717, 1.165) is 28.9 Å². The molecule has 31 heavy (non-hydrogen) atoms. The summed E-state index contributed by atoms with van der Waals surface area (Å²) in [5.41, 5.74) is 6.00. The second-order valence-electron chi connectivity index (χ2n) is 10.1. The molecule has 3 nitrogen and oxygen atoms in total. The minimum Gasteiger partial charge on any atom is -0.487 e. The molecule has 2 saturated carbocycles. The van der Waals surface area contributed by atoms with Crippen molar-refractivity contribution in [3.63, 3.8) is 0 Å². The summed E-state index contributed by atoms with van der Waals surface area (Å²) in [7, 11) is 0. The second-order valence-corrected chi connectivity index (χ2v) is 10.1. The predicted molar refractivity (Wildman–Crippen MR) is 122 cm³/mol. The lowest BCUT2D eigenvalue weighted by atomic mass is 9.75. The maximum Gasteiger partial charge on any atom is 0.331 e. The van der Waals surface area contributed by atoms with Gasteiger partial charge in [0.05, 0.1) is 0 Å². The average Bonchev–Trinajstić information content (AvgIpc) is 3.64. The standard InChI is InChI=1S/C28H28O3/c1-18(26(29)30)14-20-7-4-19(5-8-20)6-9-21-15-23(22-10-11-22)25-24(16-21)27(2,3)17-28(31-25)12-13-28/h4-5,7-8,14-16,22H,10-13,17H2,1-3H3,(H,29,30)/b18-14+. The first kappa shape index (κ1) is 19.9. The van der Waals surface area contributed by atoms with Crippen LogP contribution in [0.1, 0.15) is 86.6 Å². The van der Waals surface area contributed by atoms with E-state index in [1.165, 1.54) is 36.8 Å². The van der Waals surface area contributed by atoms with E-state index in [-0.39, 0.29) is 11.0 Å². The van der Waals surface area contributed by atoms with Crippen molar-refractivity contribution in [3.05, 3.63) is 69.8 Å². The smallest absolute Gasteiger partial charge is 0.331 e. The molecule has 158 valence electrons. The third-order valence-corrected chi connectivity index (χ3v) is 6.74. The van der Waals surface area contributed by atoms with Crippen molar-refractivity contribution in [3.8, 4) is 17.6 Å². The van der Waals surface area contributed by atoms with Crippen molar-refractivity contribution in [2.45, 2.75) is 69.8 Å². The number of benzene rings is 2. The van der Waals surface area contributed by atoms with Gasteiger partial charge in [0.15, 0.2) is 0 Å². The molecule has 0 saturated heterocycles. The molecule has 5 rings (SSSR count). The third kappa shape index (κ3) is 4.00. The minimum absolute atomic E-state index is 0.0858. The molecule has 2 aromatic carbocycles. The maximum absolute atomic E-state index is 11.0. The molecule has 0 atom stereocenters. The molecule has 2 fully saturated rings. The van der Waals surface area contributed by atoms with Crippen LogP contribution in [-0.4, -0.2) is 16.7 Å². The Labute approximate surface area is 184 Å². The molecule has 0 unspecified atom stereocenters. The molecule has 0 bridgehead atoms. The highest BCUT2D eigenvalue weighted by atomic mass is 16.5. The highest BCUT2D eigenvalue weighted by Gasteiger charge is 2.54. The first-order valence-electron chi connectivity index (χ1n) is 11.2. The molecule has 1 heterocycles. The molecule has 0 amide bonds. The fraction of sp³-hybridized carbons (Fsp3) is 0.393. The van der Waals surface area contributed by atoms with E-state index in [2.05, 4.69) is 37.8 Å². The summed E-state index contributed by atoms with van der Waals surface area (Å²) in [5.74, 6) is 7.52. The van der Waals surface area contributed by atoms with Crippen LogP contribution >= 0.6 is 0 Å². The van der Waals surface area contributed by atoms with Crippen LogP contribution < -0.4 is 4.74 Å². The van der Waals surface area contributed by atoms with Crippen LogP contribution in [-0.2, 0) is 10.2 Å². The van der Waals surface area contributed by atoms with Crippen LogP contribution in [0.4, 0.5) is 0 Å². The summed E-state index contributed by atoms with van der Waals surface area (Å²) >= 11 is 0. The Morgan fingerprint density at radius 2 is 1.77 bits per heavy atom. The number of ether oxygens (including phenoxy) is 1. The SMILES string of the molecule is C/C(=C\c1ccc(C#Cc2cc(C3CC3)c3c(c2)C(C)(C)CC2(CC2)O3)cc1)C(=O)O. The van der Waals surface area contributed by atoms with Crippen molar-refractivity contribution < 1.29 is 14.6 Å². The van der Waals surface area contributed by atoms with Crippen LogP contribution in [0.3, 0.4) is 0 Å². The lowest BCUT2D eigenvalue weighted by molar-refractivity contribution is -0.132. The lowest BCUT2D eigenvalue weighted by Gasteiger charge is -2.39. The number of fused-ring (bicyclic) bond motifs is 1. The maximum atomic E-state index is 11.0. The average molecular weight is 413 g/mol. The normalized spacial score (nSPS) is 20.3. The quantitative estimate of drug-likeness (QED) is 0.493. The number of aliphatic carboxylic acids is 1. The molecule has 3 heteroatoms. The van der Waals surface area contributed by atoms with Gasteiger partial charge in [-0.25, -0.2) is 4.79 Å². The summed E-state index contributed by atoms with van der Waals surface area (Å²) in [5, 5.41) is 9.03. The molecular formula is C28H28O3. The Kier molecular flexibility index (Phi) is 4.52. The van der Waals surface area contributed by atoms with Crippen LogP contribution in [0.2, 0.25) is 0 Å². The van der Waals surface area contributed by atoms with Gasteiger partial charge in [-0.3, -0.25) is 0 Å². The van der Waals surface area contributed by atoms with Crippen molar-refractivity contribution >= 4 is 12.0 Å². The summed E-state index contributed by atoms with van der Waals surface area (Å²) in [6, 6.07) is 12.2. The Balaban J connectivity index is 1.46. The van der Waals surface area contributed by atoms with Crippen LogP contribution in [0.15, 0.2) is 42.0 Å². The van der Waals surface area contributed by atoms with E-state index >= 15 is 0 Å². The van der Waals surface area contributed by atoms with Crippen LogP contribution in [0.25, 0.3) is 6.08 Å². The first-order chi connectivity index (χ1) is 14.7. The fourth-order valence-corrected chi connectivity index (χ4v) is 4.73. The van der Waals surface area contributed by atoms with Gasteiger partial charge in [0.1, 0.15) is 11.4 Å². The van der Waals surface area contributed by atoms with E-state index in [9.17, 15) is 4.79 Å². The van der Waals surface area contributed by atoms with E-state index < -0.39 is 5.97 Å². The largest absolute Gasteiger partial charge is 0.487 e. The van der Waals surface area contributed by atoms with Gasteiger partial charge in [0.2, 0.25) is 0 Å². The van der Waals surface area contributed by atoms with Crippen molar-refractivity contribution in [2.75, 3.05) is 0 Å². The zero-order valence-electron chi connectivity index (χ0n) is 18.4. The van der Waals surface area contributed by atoms with E-state index in [4.69, 9.17) is 9.84 Å². The zero-order valence-corrected chi connectivity index (χ0v) is 18.4. The van der Waals surface area contributed by atoms with Gasteiger partial charge in [-0.1, -0.05) is 37.8 Å². The number of carbonyl (C=O) groups is 1. The number of hydrogen-bond donors (Lipinski definition) is 1. The van der Waals surface area contributed by atoms with Crippen molar-refractivity contribution in [1.29, 1.82) is 0 Å². The molecule has 1 aliphatic heterocycles. The molecule has 2 aliphatic carbocycles. The van der Waals surface area contributed by atoms with Gasteiger partial charge >= 0.3 is 5.97 Å². The van der Waals surface area contributed by atoms with Crippen molar-refractivity contribution in [1.82, 2.24) is 0 Å². The Morgan fingerprint density at radius 1 is 1.10 bits per heavy atom. The summed E-state index contributed by atoms with van der Waals surface area (Å²) < 4.78 is 6.58. The first-order valence-corrected chi connectivity index (χ1v) is 11.2. The topological polar surface area (TPSA) is 46.5 Å². The molecule has 0 aromatic heterocycles. The summed E-state index contributed by atoms with van der Waals surface area (Å²) in [4.78, 5) is 11.0. The van der Waals surface area contributed by atoms with Crippen LogP contribution in [0.5, 0.6) is 5.75 Å². The van der Waals surface area contributed by atoms with Gasteiger partial charge in [-0.05, 0) is 91.8 Å². The molecule has 1 N–H and O–H groups in total. The minimum atomic E-state index is -0.901. The monoisotopic (exact) mass is 412 g/mol. The number of rotatable bonds is 3. The molecule has 3 aliphatic rings. The predicted octanol–water partition coefficient (Wildman–Crippen LogP) is 6.04. The van der Waals surface area contributed by atoms with Gasteiger partial charge in [-0.2, -0.15) is 0 Å². The Bertz CT molecular complexity index is 1150. The van der Waals surface area contributed by atoms with E-state index in [1.54, 1.807) is 13.0 Å². The molecule has 1 spiro atoms. The van der Waals surface area contributed by atoms with Crippen LogP contribution in [0, 0.1) is 11.8 Å². The number of hydrogen-bond acceptors (Lipinski definition) is 2.